The Morgan fingerprint density at radius 2 is 1.71 bits per heavy atom. The number of hydrogen-bond donors (Lipinski definition) is 2. The highest BCUT2D eigenvalue weighted by molar-refractivity contribution is 5.97. The zero-order valence-electron chi connectivity index (χ0n) is 12.5. The number of amides is 1. The number of carbonyl (C=O) groups is 1. The van der Waals surface area contributed by atoms with Gasteiger partial charge in [0.2, 0.25) is 5.91 Å². The van der Waals surface area contributed by atoms with Gasteiger partial charge in [-0.25, -0.2) is 0 Å². The predicted molar refractivity (Wildman–Crippen MR) is 81.5 cm³/mol. The van der Waals surface area contributed by atoms with Gasteiger partial charge in [-0.2, -0.15) is 0 Å². The number of fused-ring (bicyclic) bond motifs is 1. The minimum atomic E-state index is 0.0887. The number of carbonyl (C=O) groups excluding carboxylic acids is 1. The Morgan fingerprint density at radius 3 is 2.29 bits per heavy atom. The summed E-state index contributed by atoms with van der Waals surface area (Å²) in [5, 5.41) is 2.96. The SMILES string of the molecule is COc1cc(N)c(NC(=O)C2C3CCCCC32)cc1OC. The lowest BCUT2D eigenvalue weighted by Gasteiger charge is -2.13. The molecule has 21 heavy (non-hydrogen) atoms. The minimum Gasteiger partial charge on any atom is -0.493 e. The first-order chi connectivity index (χ1) is 10.2. The van der Waals surface area contributed by atoms with Gasteiger partial charge < -0.3 is 20.5 Å². The molecular weight excluding hydrogens is 268 g/mol. The van der Waals surface area contributed by atoms with E-state index in [-0.39, 0.29) is 11.8 Å². The lowest BCUT2D eigenvalue weighted by molar-refractivity contribution is -0.117. The maximum atomic E-state index is 12.4. The van der Waals surface area contributed by atoms with Gasteiger partial charge in [-0.15, -0.1) is 0 Å². The molecule has 0 saturated heterocycles. The van der Waals surface area contributed by atoms with Gasteiger partial charge in [0.15, 0.2) is 11.5 Å². The third-order valence-electron chi connectivity index (χ3n) is 4.77. The number of methoxy groups -OCH3 is 2. The molecule has 3 N–H and O–H groups in total. The van der Waals surface area contributed by atoms with Crippen LogP contribution in [0.15, 0.2) is 12.1 Å². The van der Waals surface area contributed by atoms with Gasteiger partial charge in [-0.05, 0) is 24.7 Å². The highest BCUT2D eigenvalue weighted by atomic mass is 16.5. The first kappa shape index (κ1) is 14.0. The van der Waals surface area contributed by atoms with E-state index in [1.165, 1.54) is 25.7 Å². The van der Waals surface area contributed by atoms with Gasteiger partial charge in [0.25, 0.3) is 0 Å². The number of benzene rings is 1. The Hall–Kier alpha value is -1.91. The van der Waals surface area contributed by atoms with E-state index in [1.54, 1.807) is 26.4 Å². The molecule has 3 rings (SSSR count). The van der Waals surface area contributed by atoms with Crippen LogP contribution >= 0.6 is 0 Å². The van der Waals surface area contributed by atoms with Gasteiger partial charge in [0.1, 0.15) is 0 Å². The Morgan fingerprint density at radius 1 is 1.14 bits per heavy atom. The second kappa shape index (κ2) is 5.47. The first-order valence-electron chi connectivity index (χ1n) is 7.48. The summed E-state index contributed by atoms with van der Waals surface area (Å²) in [6, 6.07) is 3.40. The number of ether oxygens (including phenoxy) is 2. The van der Waals surface area contributed by atoms with Crippen LogP contribution in [0.25, 0.3) is 0 Å². The topological polar surface area (TPSA) is 73.6 Å². The summed E-state index contributed by atoms with van der Waals surface area (Å²) in [5.74, 6) is 2.55. The Bertz CT molecular complexity index is 547. The zero-order valence-corrected chi connectivity index (χ0v) is 12.5. The highest BCUT2D eigenvalue weighted by Gasteiger charge is 2.54. The van der Waals surface area contributed by atoms with E-state index in [4.69, 9.17) is 15.2 Å². The molecule has 0 aliphatic heterocycles. The van der Waals surface area contributed by atoms with Crippen LogP contribution in [0.2, 0.25) is 0 Å². The lowest BCUT2D eigenvalue weighted by Crippen LogP contribution is -2.16. The van der Waals surface area contributed by atoms with E-state index in [2.05, 4.69) is 5.32 Å². The number of nitrogens with two attached hydrogens (primary N) is 1. The van der Waals surface area contributed by atoms with Gasteiger partial charge >= 0.3 is 0 Å². The quantitative estimate of drug-likeness (QED) is 0.836. The van der Waals surface area contributed by atoms with Crippen LogP contribution in [0.3, 0.4) is 0 Å². The van der Waals surface area contributed by atoms with Crippen molar-refractivity contribution in [1.82, 2.24) is 0 Å². The van der Waals surface area contributed by atoms with Gasteiger partial charge in [-0.3, -0.25) is 4.79 Å². The fraction of sp³-hybridized carbons (Fsp3) is 0.562. The zero-order chi connectivity index (χ0) is 15.0. The molecular formula is C16H22N2O3. The third-order valence-corrected chi connectivity index (χ3v) is 4.77. The summed E-state index contributed by atoms with van der Waals surface area (Å²) in [6.07, 6.45) is 4.88. The van der Waals surface area contributed by atoms with Crippen molar-refractivity contribution in [1.29, 1.82) is 0 Å². The van der Waals surface area contributed by atoms with Crippen LogP contribution in [-0.2, 0) is 4.79 Å². The van der Waals surface area contributed by atoms with Crippen molar-refractivity contribution in [3.8, 4) is 11.5 Å². The summed E-state index contributed by atoms with van der Waals surface area (Å²) < 4.78 is 10.4. The maximum Gasteiger partial charge on any atom is 0.228 e. The molecule has 1 aromatic rings. The summed E-state index contributed by atoms with van der Waals surface area (Å²) in [7, 11) is 3.12. The lowest BCUT2D eigenvalue weighted by atomic mass is 10.0. The van der Waals surface area contributed by atoms with E-state index in [1.807, 2.05) is 0 Å². The number of anilines is 2. The largest absolute Gasteiger partial charge is 0.493 e. The molecule has 2 saturated carbocycles. The Balaban J connectivity index is 1.74. The van der Waals surface area contributed by atoms with Crippen molar-refractivity contribution >= 4 is 17.3 Å². The van der Waals surface area contributed by atoms with Crippen LogP contribution in [0.1, 0.15) is 25.7 Å². The van der Waals surface area contributed by atoms with E-state index in [9.17, 15) is 4.79 Å². The number of nitrogen functional groups attached to an aromatic ring is 1. The molecule has 1 amide bonds. The average molecular weight is 290 g/mol. The molecule has 2 fully saturated rings. The Kier molecular flexibility index (Phi) is 3.66. The summed E-state index contributed by atoms with van der Waals surface area (Å²) in [6.45, 7) is 0. The van der Waals surface area contributed by atoms with E-state index in [0.29, 0.717) is 34.7 Å². The molecule has 2 aliphatic carbocycles. The standard InChI is InChI=1S/C16H22N2O3/c1-20-13-7-11(17)12(8-14(13)21-2)18-16(19)15-9-5-3-4-6-10(9)15/h7-10,15H,3-6,17H2,1-2H3,(H,18,19). The molecule has 2 aliphatic rings. The average Bonchev–Trinajstić information content (AvgIpc) is 3.23. The number of nitrogens with one attached hydrogen (secondary N) is 1. The predicted octanol–water partition coefficient (Wildman–Crippen LogP) is 2.66. The van der Waals surface area contributed by atoms with Crippen LogP contribution in [0.4, 0.5) is 11.4 Å². The van der Waals surface area contributed by atoms with Gasteiger partial charge in [0, 0.05) is 18.1 Å². The molecule has 0 bridgehead atoms. The van der Waals surface area contributed by atoms with E-state index >= 15 is 0 Å². The molecule has 0 spiro atoms. The van der Waals surface area contributed by atoms with Crippen molar-refractivity contribution < 1.29 is 14.3 Å². The van der Waals surface area contributed by atoms with Crippen molar-refractivity contribution in [3.63, 3.8) is 0 Å². The molecule has 5 nitrogen and oxygen atoms in total. The van der Waals surface area contributed by atoms with Crippen molar-refractivity contribution in [2.45, 2.75) is 25.7 Å². The smallest absolute Gasteiger partial charge is 0.228 e. The van der Waals surface area contributed by atoms with Crippen LogP contribution in [-0.4, -0.2) is 20.1 Å². The second-order valence-corrected chi connectivity index (χ2v) is 5.92. The maximum absolute atomic E-state index is 12.4. The molecule has 0 aromatic heterocycles. The summed E-state index contributed by atoms with van der Waals surface area (Å²) in [4.78, 5) is 12.4. The number of rotatable bonds is 4. The molecule has 0 radical (unpaired) electrons. The second-order valence-electron chi connectivity index (χ2n) is 5.92. The summed E-state index contributed by atoms with van der Waals surface area (Å²) in [5.41, 5.74) is 7.07. The van der Waals surface area contributed by atoms with Crippen LogP contribution < -0.4 is 20.5 Å². The minimum absolute atomic E-state index is 0.0887. The van der Waals surface area contributed by atoms with E-state index in [0.717, 1.165) is 0 Å². The first-order valence-corrected chi connectivity index (χ1v) is 7.48. The third kappa shape index (κ3) is 2.52. The molecule has 2 unspecified atom stereocenters. The fourth-order valence-electron chi connectivity index (χ4n) is 3.60. The molecule has 1 aromatic carbocycles. The van der Waals surface area contributed by atoms with Crippen LogP contribution in [0, 0.1) is 17.8 Å². The molecule has 2 atom stereocenters. The van der Waals surface area contributed by atoms with E-state index < -0.39 is 0 Å². The fourth-order valence-corrected chi connectivity index (χ4v) is 3.60. The van der Waals surface area contributed by atoms with Crippen molar-refractivity contribution in [2.24, 2.45) is 17.8 Å². The Labute approximate surface area is 124 Å². The van der Waals surface area contributed by atoms with Crippen molar-refractivity contribution in [3.05, 3.63) is 12.1 Å². The normalized spacial score (nSPS) is 26.7. The van der Waals surface area contributed by atoms with Crippen molar-refractivity contribution in [2.75, 3.05) is 25.3 Å². The van der Waals surface area contributed by atoms with Gasteiger partial charge in [-0.1, -0.05) is 12.8 Å². The highest BCUT2D eigenvalue weighted by Crippen LogP contribution is 2.55. The molecule has 0 heterocycles. The summed E-state index contributed by atoms with van der Waals surface area (Å²) >= 11 is 0. The monoisotopic (exact) mass is 290 g/mol. The van der Waals surface area contributed by atoms with Gasteiger partial charge in [0.05, 0.1) is 25.6 Å². The molecule has 5 heteroatoms. The van der Waals surface area contributed by atoms with Crippen LogP contribution in [0.5, 0.6) is 11.5 Å². The molecule has 114 valence electrons. The number of hydrogen-bond acceptors (Lipinski definition) is 4.